The smallest absolute Gasteiger partial charge is 0.157 e. The molecule has 4 heteroatoms. The molecule has 0 spiro atoms. The highest BCUT2D eigenvalue weighted by Gasteiger charge is 2.45. The van der Waals surface area contributed by atoms with E-state index in [1.54, 1.807) is 0 Å². The molecule has 1 saturated carbocycles. The van der Waals surface area contributed by atoms with Gasteiger partial charge in [-0.25, -0.2) is 0 Å². The molecule has 1 aromatic rings. The average Bonchev–Trinajstić information content (AvgIpc) is 3.01. The highest BCUT2D eigenvalue weighted by atomic mass is 35.5. The van der Waals surface area contributed by atoms with Crippen molar-refractivity contribution in [1.82, 2.24) is 4.90 Å². The van der Waals surface area contributed by atoms with Gasteiger partial charge >= 0.3 is 0 Å². The predicted molar refractivity (Wildman–Crippen MR) is 83.8 cm³/mol. The van der Waals surface area contributed by atoms with E-state index < -0.39 is 0 Å². The van der Waals surface area contributed by atoms with Crippen LogP contribution in [0.1, 0.15) is 31.2 Å². The summed E-state index contributed by atoms with van der Waals surface area (Å²) in [4.78, 5) is 15.4. The topological polar surface area (TPSA) is 29.5 Å². The van der Waals surface area contributed by atoms with Gasteiger partial charge in [0.2, 0.25) is 0 Å². The summed E-state index contributed by atoms with van der Waals surface area (Å²) in [6, 6.07) is 7.68. The zero-order valence-electron chi connectivity index (χ0n) is 12.3. The summed E-state index contributed by atoms with van der Waals surface area (Å²) >= 11 is 6.22. The number of ketones is 1. The first-order valence-electron chi connectivity index (χ1n) is 7.82. The van der Waals surface area contributed by atoms with E-state index in [1.165, 1.54) is 0 Å². The number of carbonyl (C=O) groups excluding carboxylic acids is 1. The lowest BCUT2D eigenvalue weighted by molar-refractivity contribution is -0.133. The molecule has 21 heavy (non-hydrogen) atoms. The van der Waals surface area contributed by atoms with E-state index in [2.05, 4.69) is 4.90 Å². The Labute approximate surface area is 131 Å². The Hall–Kier alpha value is -0.900. The summed E-state index contributed by atoms with van der Waals surface area (Å²) in [6.45, 7) is 3.21. The molecule has 1 heterocycles. The van der Waals surface area contributed by atoms with Crippen LogP contribution in [0.4, 0.5) is 0 Å². The second kappa shape index (κ2) is 6.47. The van der Waals surface area contributed by atoms with Gasteiger partial charge in [-0.1, -0.05) is 42.6 Å². The summed E-state index contributed by atoms with van der Waals surface area (Å²) in [6.07, 6.45) is 4.70. The first-order valence-corrected chi connectivity index (χ1v) is 8.20. The van der Waals surface area contributed by atoms with E-state index >= 15 is 0 Å². The van der Waals surface area contributed by atoms with Crippen LogP contribution in [0.3, 0.4) is 0 Å². The van der Waals surface area contributed by atoms with Crippen molar-refractivity contribution in [3.63, 3.8) is 0 Å². The van der Waals surface area contributed by atoms with Crippen molar-refractivity contribution in [2.45, 2.75) is 37.6 Å². The molecule has 0 radical (unpaired) electrons. The van der Waals surface area contributed by atoms with Gasteiger partial charge < -0.3 is 4.74 Å². The molecule has 1 aromatic carbocycles. The molecule has 2 aliphatic rings. The van der Waals surface area contributed by atoms with Gasteiger partial charge in [-0.2, -0.15) is 0 Å². The molecule has 1 saturated heterocycles. The normalized spacial score (nSPS) is 22.3. The fraction of sp³-hybridized carbons (Fsp3) is 0.588. The monoisotopic (exact) mass is 307 g/mol. The van der Waals surface area contributed by atoms with E-state index in [0.717, 1.165) is 57.6 Å². The largest absolute Gasteiger partial charge is 0.379 e. The van der Waals surface area contributed by atoms with Gasteiger partial charge in [0.15, 0.2) is 5.78 Å². The van der Waals surface area contributed by atoms with E-state index in [4.69, 9.17) is 16.3 Å². The van der Waals surface area contributed by atoms with Gasteiger partial charge in [0.25, 0.3) is 0 Å². The van der Waals surface area contributed by atoms with Gasteiger partial charge in [-0.3, -0.25) is 9.69 Å². The standard InChI is InChI=1S/C17H22ClNO2/c18-15-6-2-1-5-14(15)13-16(20)17(7-3-4-8-17)19-9-11-21-12-10-19/h1-2,5-6H,3-4,7-13H2. The second-order valence-electron chi connectivity index (χ2n) is 6.03. The summed E-state index contributed by atoms with van der Waals surface area (Å²) in [5.74, 6) is 0.329. The average molecular weight is 308 g/mol. The molecule has 0 N–H and O–H groups in total. The summed E-state index contributed by atoms with van der Waals surface area (Å²) in [7, 11) is 0. The molecule has 0 unspecified atom stereocenters. The zero-order chi connectivity index (χ0) is 14.7. The Morgan fingerprint density at radius 1 is 1.19 bits per heavy atom. The number of hydrogen-bond acceptors (Lipinski definition) is 3. The lowest BCUT2D eigenvalue weighted by Crippen LogP contribution is -2.57. The van der Waals surface area contributed by atoms with E-state index in [1.807, 2.05) is 24.3 Å². The number of hydrogen-bond donors (Lipinski definition) is 0. The third-order valence-corrected chi connectivity index (χ3v) is 5.24. The Balaban J connectivity index is 1.80. The molecule has 3 rings (SSSR count). The van der Waals surface area contributed by atoms with Crippen LogP contribution in [-0.4, -0.2) is 42.5 Å². The number of carbonyl (C=O) groups is 1. The maximum absolute atomic E-state index is 13.0. The van der Waals surface area contributed by atoms with Crippen LogP contribution < -0.4 is 0 Å². The van der Waals surface area contributed by atoms with Gasteiger partial charge in [0.1, 0.15) is 0 Å². The van der Waals surface area contributed by atoms with Crippen molar-refractivity contribution in [1.29, 1.82) is 0 Å². The Morgan fingerprint density at radius 2 is 1.86 bits per heavy atom. The summed E-state index contributed by atoms with van der Waals surface area (Å²) < 4.78 is 5.45. The maximum atomic E-state index is 13.0. The maximum Gasteiger partial charge on any atom is 0.157 e. The molecular weight excluding hydrogens is 286 g/mol. The van der Waals surface area contributed by atoms with Crippen LogP contribution in [-0.2, 0) is 16.0 Å². The molecule has 1 aliphatic heterocycles. The van der Waals surface area contributed by atoms with E-state index in [0.29, 0.717) is 17.2 Å². The van der Waals surface area contributed by atoms with Crippen LogP contribution in [0, 0.1) is 0 Å². The van der Waals surface area contributed by atoms with Crippen molar-refractivity contribution in [2.75, 3.05) is 26.3 Å². The number of ether oxygens (including phenoxy) is 1. The lowest BCUT2D eigenvalue weighted by Gasteiger charge is -2.42. The van der Waals surface area contributed by atoms with E-state index in [9.17, 15) is 4.79 Å². The number of morpholine rings is 1. The third kappa shape index (κ3) is 3.01. The number of Topliss-reactive ketones (excluding diaryl/α,β-unsaturated/α-hetero) is 1. The number of rotatable bonds is 4. The second-order valence-corrected chi connectivity index (χ2v) is 6.44. The lowest BCUT2D eigenvalue weighted by atomic mass is 9.86. The van der Waals surface area contributed by atoms with Crippen molar-refractivity contribution in [3.05, 3.63) is 34.9 Å². The van der Waals surface area contributed by atoms with Crippen LogP contribution in [0.2, 0.25) is 5.02 Å². The van der Waals surface area contributed by atoms with Crippen molar-refractivity contribution < 1.29 is 9.53 Å². The van der Waals surface area contributed by atoms with Crippen LogP contribution in [0.25, 0.3) is 0 Å². The molecule has 0 atom stereocenters. The van der Waals surface area contributed by atoms with Crippen molar-refractivity contribution in [2.24, 2.45) is 0 Å². The van der Waals surface area contributed by atoms with Crippen LogP contribution >= 0.6 is 11.6 Å². The van der Waals surface area contributed by atoms with E-state index in [-0.39, 0.29) is 5.54 Å². The van der Waals surface area contributed by atoms with Gasteiger partial charge in [-0.05, 0) is 24.5 Å². The number of benzene rings is 1. The van der Waals surface area contributed by atoms with Crippen LogP contribution in [0.5, 0.6) is 0 Å². The molecule has 0 amide bonds. The first-order chi connectivity index (χ1) is 10.2. The minimum atomic E-state index is -0.275. The Kier molecular flexibility index (Phi) is 4.63. The highest BCUT2D eigenvalue weighted by Crippen LogP contribution is 2.37. The fourth-order valence-electron chi connectivity index (χ4n) is 3.70. The highest BCUT2D eigenvalue weighted by molar-refractivity contribution is 6.31. The first kappa shape index (κ1) is 15.0. The summed E-state index contributed by atoms with van der Waals surface area (Å²) in [5.41, 5.74) is 0.673. The van der Waals surface area contributed by atoms with Gasteiger partial charge in [0.05, 0.1) is 18.8 Å². The molecule has 0 bridgehead atoms. The molecular formula is C17H22ClNO2. The van der Waals surface area contributed by atoms with Gasteiger partial charge in [0, 0.05) is 24.5 Å². The SMILES string of the molecule is O=C(Cc1ccccc1Cl)C1(N2CCOCC2)CCCC1. The predicted octanol–water partition coefficient (Wildman–Crippen LogP) is 3.10. The number of nitrogens with zero attached hydrogens (tertiary/aromatic N) is 1. The van der Waals surface area contributed by atoms with Gasteiger partial charge in [-0.15, -0.1) is 0 Å². The Bertz CT molecular complexity index is 505. The van der Waals surface area contributed by atoms with Crippen molar-refractivity contribution in [3.8, 4) is 0 Å². The minimum absolute atomic E-state index is 0.275. The quantitative estimate of drug-likeness (QED) is 0.856. The molecule has 114 valence electrons. The molecule has 2 fully saturated rings. The molecule has 0 aromatic heterocycles. The number of halogens is 1. The minimum Gasteiger partial charge on any atom is -0.379 e. The third-order valence-electron chi connectivity index (χ3n) is 4.88. The zero-order valence-corrected chi connectivity index (χ0v) is 13.1. The van der Waals surface area contributed by atoms with Crippen molar-refractivity contribution >= 4 is 17.4 Å². The Morgan fingerprint density at radius 3 is 2.52 bits per heavy atom. The fourth-order valence-corrected chi connectivity index (χ4v) is 3.90. The molecule has 1 aliphatic carbocycles. The summed E-state index contributed by atoms with van der Waals surface area (Å²) in [5, 5.41) is 0.695. The molecule has 3 nitrogen and oxygen atoms in total. The van der Waals surface area contributed by atoms with Crippen LogP contribution in [0.15, 0.2) is 24.3 Å².